The molecule has 0 spiro atoms. The Kier molecular flexibility index (Phi) is 2.66. The first-order valence-corrected chi connectivity index (χ1v) is 7.48. The molecule has 0 bridgehead atoms. The van der Waals surface area contributed by atoms with Gasteiger partial charge in [0.1, 0.15) is 0 Å². The summed E-state index contributed by atoms with van der Waals surface area (Å²) >= 11 is 0. The predicted octanol–water partition coefficient (Wildman–Crippen LogP) is 2.01. The standard InChI is InChI=1S/C16H21N3O/c1-19-14-5-3-2-4-12(14)13(18-19)10-16(17)8-9-20-15(16)11-6-7-11/h2-5,11,15H,6-10,17H2,1H3. The van der Waals surface area contributed by atoms with Crippen molar-refractivity contribution in [3.63, 3.8) is 0 Å². The lowest BCUT2D eigenvalue weighted by Crippen LogP contribution is -2.50. The summed E-state index contributed by atoms with van der Waals surface area (Å²) < 4.78 is 7.88. The number of para-hydroxylation sites is 1. The van der Waals surface area contributed by atoms with Crippen molar-refractivity contribution in [3.05, 3.63) is 30.0 Å². The van der Waals surface area contributed by atoms with Crippen LogP contribution in [0.25, 0.3) is 10.9 Å². The number of hydrogen-bond donors (Lipinski definition) is 1. The van der Waals surface area contributed by atoms with Gasteiger partial charge >= 0.3 is 0 Å². The zero-order chi connectivity index (χ0) is 13.7. The molecular formula is C16H21N3O. The monoisotopic (exact) mass is 271 g/mol. The molecule has 2 atom stereocenters. The topological polar surface area (TPSA) is 53.1 Å². The number of ether oxygens (including phenoxy) is 1. The zero-order valence-electron chi connectivity index (χ0n) is 11.9. The third-order valence-corrected chi connectivity index (χ3v) is 4.81. The number of fused-ring (bicyclic) bond motifs is 1. The van der Waals surface area contributed by atoms with Gasteiger partial charge in [0.25, 0.3) is 0 Å². The van der Waals surface area contributed by atoms with Crippen LogP contribution in [0, 0.1) is 5.92 Å². The average molecular weight is 271 g/mol. The first-order chi connectivity index (χ1) is 9.67. The van der Waals surface area contributed by atoms with Gasteiger partial charge < -0.3 is 10.5 Å². The number of nitrogens with zero attached hydrogens (tertiary/aromatic N) is 2. The third-order valence-electron chi connectivity index (χ3n) is 4.81. The largest absolute Gasteiger partial charge is 0.376 e. The second-order valence-electron chi connectivity index (χ2n) is 6.38. The first-order valence-electron chi connectivity index (χ1n) is 7.48. The quantitative estimate of drug-likeness (QED) is 0.929. The van der Waals surface area contributed by atoms with Crippen molar-refractivity contribution >= 4 is 10.9 Å². The molecule has 4 heteroatoms. The summed E-state index contributed by atoms with van der Waals surface area (Å²) in [5, 5.41) is 5.92. The zero-order valence-corrected chi connectivity index (χ0v) is 11.9. The summed E-state index contributed by atoms with van der Waals surface area (Å²) in [7, 11) is 2.00. The Morgan fingerprint density at radius 1 is 1.40 bits per heavy atom. The molecule has 0 amide bonds. The Labute approximate surface area is 118 Å². The van der Waals surface area contributed by atoms with Crippen LogP contribution in [0.5, 0.6) is 0 Å². The highest BCUT2D eigenvalue weighted by Crippen LogP contribution is 2.43. The van der Waals surface area contributed by atoms with E-state index in [1.165, 1.54) is 23.7 Å². The lowest BCUT2D eigenvalue weighted by molar-refractivity contribution is 0.0624. The molecule has 1 aliphatic heterocycles. The van der Waals surface area contributed by atoms with Gasteiger partial charge in [-0.05, 0) is 31.2 Å². The number of benzene rings is 1. The molecule has 2 unspecified atom stereocenters. The molecule has 1 saturated carbocycles. The SMILES string of the molecule is Cn1nc(CC2(N)CCOC2C2CC2)c2ccccc21. The lowest BCUT2D eigenvalue weighted by atomic mass is 9.84. The highest BCUT2D eigenvalue weighted by atomic mass is 16.5. The molecule has 4 nitrogen and oxygen atoms in total. The molecule has 2 fully saturated rings. The fourth-order valence-electron chi connectivity index (χ4n) is 3.61. The van der Waals surface area contributed by atoms with Crippen LogP contribution < -0.4 is 5.73 Å². The van der Waals surface area contributed by atoms with Gasteiger partial charge in [-0.3, -0.25) is 4.68 Å². The van der Waals surface area contributed by atoms with Crippen LogP contribution >= 0.6 is 0 Å². The molecule has 1 aromatic carbocycles. The Morgan fingerprint density at radius 3 is 3.00 bits per heavy atom. The van der Waals surface area contributed by atoms with E-state index in [1.807, 2.05) is 11.7 Å². The van der Waals surface area contributed by atoms with Crippen LogP contribution in [-0.4, -0.2) is 28.0 Å². The summed E-state index contributed by atoms with van der Waals surface area (Å²) in [6, 6.07) is 8.37. The van der Waals surface area contributed by atoms with Gasteiger partial charge in [0, 0.05) is 25.5 Å². The normalized spacial score (nSPS) is 30.2. The molecule has 2 N–H and O–H groups in total. The Hall–Kier alpha value is -1.39. The Bertz CT molecular complexity index is 646. The van der Waals surface area contributed by atoms with E-state index in [1.54, 1.807) is 0 Å². The van der Waals surface area contributed by atoms with Crippen LogP contribution in [0.3, 0.4) is 0 Å². The van der Waals surface area contributed by atoms with Crippen LogP contribution in [0.4, 0.5) is 0 Å². The van der Waals surface area contributed by atoms with Gasteiger partial charge in [0.15, 0.2) is 0 Å². The molecule has 2 heterocycles. The van der Waals surface area contributed by atoms with Crippen LogP contribution in [0.1, 0.15) is 25.0 Å². The van der Waals surface area contributed by atoms with E-state index < -0.39 is 0 Å². The molecule has 106 valence electrons. The van der Waals surface area contributed by atoms with E-state index in [2.05, 4.69) is 24.3 Å². The minimum atomic E-state index is -0.238. The predicted molar refractivity (Wildman–Crippen MR) is 78.4 cm³/mol. The number of nitrogens with two attached hydrogens (primary N) is 1. The number of rotatable bonds is 3. The molecular weight excluding hydrogens is 250 g/mol. The van der Waals surface area contributed by atoms with E-state index in [0.717, 1.165) is 25.1 Å². The lowest BCUT2D eigenvalue weighted by Gasteiger charge is -2.29. The van der Waals surface area contributed by atoms with Crippen molar-refractivity contribution in [2.75, 3.05) is 6.61 Å². The van der Waals surface area contributed by atoms with Gasteiger partial charge in [-0.25, -0.2) is 0 Å². The number of aryl methyl sites for hydroxylation is 1. The summed E-state index contributed by atoms with van der Waals surface area (Å²) in [4.78, 5) is 0. The third kappa shape index (κ3) is 1.86. The van der Waals surface area contributed by atoms with Gasteiger partial charge in [0.05, 0.1) is 22.9 Å². The maximum atomic E-state index is 6.70. The summed E-state index contributed by atoms with van der Waals surface area (Å²) in [5.41, 5.74) is 8.75. The minimum absolute atomic E-state index is 0.225. The van der Waals surface area contributed by atoms with E-state index in [4.69, 9.17) is 15.6 Å². The molecule has 20 heavy (non-hydrogen) atoms. The van der Waals surface area contributed by atoms with Crippen molar-refractivity contribution < 1.29 is 4.74 Å². The van der Waals surface area contributed by atoms with Crippen LogP contribution in [-0.2, 0) is 18.2 Å². The van der Waals surface area contributed by atoms with Crippen LogP contribution in [0.2, 0.25) is 0 Å². The molecule has 1 aliphatic carbocycles. The fraction of sp³-hybridized carbons (Fsp3) is 0.562. The van der Waals surface area contributed by atoms with Crippen LogP contribution in [0.15, 0.2) is 24.3 Å². The maximum absolute atomic E-state index is 6.70. The maximum Gasteiger partial charge on any atom is 0.0787 e. The van der Waals surface area contributed by atoms with Gasteiger partial charge in [0.2, 0.25) is 0 Å². The van der Waals surface area contributed by atoms with Gasteiger partial charge in [-0.2, -0.15) is 5.10 Å². The Balaban J connectivity index is 1.70. The molecule has 1 saturated heterocycles. The average Bonchev–Trinajstić information content (AvgIpc) is 3.14. The molecule has 0 radical (unpaired) electrons. The summed E-state index contributed by atoms with van der Waals surface area (Å²) in [6.07, 6.45) is 4.52. The van der Waals surface area contributed by atoms with E-state index in [9.17, 15) is 0 Å². The van der Waals surface area contributed by atoms with Crippen molar-refractivity contribution in [2.24, 2.45) is 18.7 Å². The smallest absolute Gasteiger partial charge is 0.0787 e. The second kappa shape index (κ2) is 4.30. The first kappa shape index (κ1) is 12.4. The van der Waals surface area contributed by atoms with E-state index in [0.29, 0.717) is 5.92 Å². The van der Waals surface area contributed by atoms with Gasteiger partial charge in [-0.15, -0.1) is 0 Å². The van der Waals surface area contributed by atoms with E-state index >= 15 is 0 Å². The Morgan fingerprint density at radius 2 is 2.20 bits per heavy atom. The van der Waals surface area contributed by atoms with E-state index in [-0.39, 0.29) is 11.6 Å². The van der Waals surface area contributed by atoms with Crippen molar-refractivity contribution in [1.29, 1.82) is 0 Å². The van der Waals surface area contributed by atoms with Crippen molar-refractivity contribution in [1.82, 2.24) is 9.78 Å². The molecule has 2 aromatic rings. The molecule has 1 aromatic heterocycles. The summed E-state index contributed by atoms with van der Waals surface area (Å²) in [5.74, 6) is 0.678. The highest BCUT2D eigenvalue weighted by Gasteiger charge is 2.49. The van der Waals surface area contributed by atoms with Crippen molar-refractivity contribution in [2.45, 2.75) is 37.3 Å². The second-order valence-corrected chi connectivity index (χ2v) is 6.38. The highest BCUT2D eigenvalue weighted by molar-refractivity contribution is 5.82. The summed E-state index contributed by atoms with van der Waals surface area (Å²) in [6.45, 7) is 0.794. The van der Waals surface area contributed by atoms with Gasteiger partial charge in [-0.1, -0.05) is 18.2 Å². The fourth-order valence-corrected chi connectivity index (χ4v) is 3.61. The number of hydrogen-bond acceptors (Lipinski definition) is 3. The molecule has 2 aliphatic rings. The van der Waals surface area contributed by atoms with Crippen molar-refractivity contribution in [3.8, 4) is 0 Å². The number of aromatic nitrogens is 2. The minimum Gasteiger partial charge on any atom is -0.376 e. The molecule has 4 rings (SSSR count).